The molecular formula is C19H18FNO2S2. The Bertz CT molecular complexity index is 965. The van der Waals surface area contributed by atoms with E-state index in [-0.39, 0.29) is 10.7 Å². The van der Waals surface area contributed by atoms with E-state index in [1.807, 2.05) is 30.5 Å². The minimum Gasteiger partial charge on any atom is -0.207 e. The Morgan fingerprint density at radius 2 is 1.76 bits per heavy atom. The number of benzene rings is 2. The lowest BCUT2D eigenvalue weighted by atomic mass is 10.1. The lowest BCUT2D eigenvalue weighted by Gasteiger charge is -2.19. The van der Waals surface area contributed by atoms with E-state index in [0.717, 1.165) is 10.4 Å². The monoisotopic (exact) mass is 375 g/mol. The summed E-state index contributed by atoms with van der Waals surface area (Å²) < 4.78 is 42.0. The number of hydrogen-bond acceptors (Lipinski definition) is 3. The Hall–Kier alpha value is -2.02. The van der Waals surface area contributed by atoms with Crippen LogP contribution in [0.5, 0.6) is 0 Å². The molecule has 6 heteroatoms. The van der Waals surface area contributed by atoms with Crippen LogP contribution in [0.4, 0.5) is 4.39 Å². The van der Waals surface area contributed by atoms with Gasteiger partial charge in [-0.2, -0.15) is 4.72 Å². The molecule has 0 bridgehead atoms. The Morgan fingerprint density at radius 3 is 2.40 bits per heavy atom. The summed E-state index contributed by atoms with van der Waals surface area (Å²) in [5.74, 6) is -0.355. The van der Waals surface area contributed by atoms with E-state index in [2.05, 4.69) is 4.72 Å². The van der Waals surface area contributed by atoms with Crippen molar-refractivity contribution in [1.82, 2.24) is 4.72 Å². The van der Waals surface area contributed by atoms with Crippen molar-refractivity contribution >= 4 is 21.4 Å². The van der Waals surface area contributed by atoms with Crippen LogP contribution in [0.15, 0.2) is 64.9 Å². The van der Waals surface area contributed by atoms with Crippen molar-refractivity contribution in [1.29, 1.82) is 0 Å². The lowest BCUT2D eigenvalue weighted by molar-refractivity contribution is 0.572. The van der Waals surface area contributed by atoms with Crippen molar-refractivity contribution in [2.24, 2.45) is 0 Å². The van der Waals surface area contributed by atoms with Crippen molar-refractivity contribution in [2.45, 2.75) is 24.8 Å². The zero-order valence-electron chi connectivity index (χ0n) is 13.9. The predicted octanol–water partition coefficient (Wildman–Crippen LogP) is 4.57. The van der Waals surface area contributed by atoms with Gasteiger partial charge in [-0.3, -0.25) is 0 Å². The molecule has 0 spiro atoms. The molecular weight excluding hydrogens is 357 g/mol. The summed E-state index contributed by atoms with van der Waals surface area (Å²) in [6.45, 7) is 3.63. The highest BCUT2D eigenvalue weighted by Crippen LogP contribution is 2.29. The maximum absolute atomic E-state index is 13.3. The highest BCUT2D eigenvalue weighted by Gasteiger charge is 2.25. The average Bonchev–Trinajstić information content (AvgIpc) is 3.10. The summed E-state index contributed by atoms with van der Waals surface area (Å²) in [7, 11) is -3.73. The van der Waals surface area contributed by atoms with E-state index >= 15 is 0 Å². The number of thiophene rings is 1. The molecule has 0 fully saturated rings. The fraction of sp³-hybridized carbons (Fsp3) is 0.158. The Kier molecular flexibility index (Phi) is 5.03. The molecule has 0 aliphatic heterocycles. The zero-order chi connectivity index (χ0) is 18.0. The summed E-state index contributed by atoms with van der Waals surface area (Å²) in [5.41, 5.74) is 2.25. The Morgan fingerprint density at radius 1 is 1.04 bits per heavy atom. The highest BCUT2D eigenvalue weighted by molar-refractivity contribution is 7.89. The Balaban J connectivity index is 2.03. The largest absolute Gasteiger partial charge is 0.241 e. The number of rotatable bonds is 5. The van der Waals surface area contributed by atoms with Gasteiger partial charge in [-0.25, -0.2) is 12.8 Å². The topological polar surface area (TPSA) is 46.2 Å². The maximum atomic E-state index is 13.3. The molecule has 1 atom stereocenters. The number of sulfonamides is 1. The van der Waals surface area contributed by atoms with Crippen LogP contribution in [0.25, 0.3) is 0 Å². The van der Waals surface area contributed by atoms with Crippen molar-refractivity contribution in [2.75, 3.05) is 0 Å². The van der Waals surface area contributed by atoms with Gasteiger partial charge in [-0.05, 0) is 60.2 Å². The SMILES string of the molecule is Cc1ccc(C)c(S(=O)(=O)N[C@H](c2ccc(F)cc2)c2cccs2)c1. The average molecular weight is 375 g/mol. The van der Waals surface area contributed by atoms with Crippen LogP contribution in [0.2, 0.25) is 0 Å². The quantitative estimate of drug-likeness (QED) is 0.710. The van der Waals surface area contributed by atoms with Crippen LogP contribution >= 0.6 is 11.3 Å². The molecule has 1 aromatic heterocycles. The molecule has 3 aromatic rings. The molecule has 3 rings (SSSR count). The van der Waals surface area contributed by atoms with Gasteiger partial charge in [0, 0.05) is 4.88 Å². The van der Waals surface area contributed by atoms with Crippen molar-refractivity contribution < 1.29 is 12.8 Å². The van der Waals surface area contributed by atoms with E-state index in [4.69, 9.17) is 0 Å². The number of halogens is 1. The number of nitrogens with one attached hydrogen (secondary N) is 1. The highest BCUT2D eigenvalue weighted by atomic mass is 32.2. The second kappa shape index (κ2) is 7.07. The standard InChI is InChI=1S/C19H18FNO2S2/c1-13-5-6-14(2)18(12-13)25(22,23)21-19(17-4-3-11-24-17)15-7-9-16(20)10-8-15/h3-12,19,21H,1-2H3/t19-/m1/s1. The van der Waals surface area contributed by atoms with Gasteiger partial charge < -0.3 is 0 Å². The first-order valence-electron chi connectivity index (χ1n) is 7.75. The summed E-state index contributed by atoms with van der Waals surface area (Å²) >= 11 is 1.45. The van der Waals surface area contributed by atoms with Crippen LogP contribution < -0.4 is 4.72 Å². The zero-order valence-corrected chi connectivity index (χ0v) is 15.5. The van der Waals surface area contributed by atoms with E-state index in [9.17, 15) is 12.8 Å². The first-order chi connectivity index (χ1) is 11.9. The van der Waals surface area contributed by atoms with Gasteiger partial charge in [0.05, 0.1) is 10.9 Å². The second-order valence-electron chi connectivity index (χ2n) is 5.89. The molecule has 0 unspecified atom stereocenters. The Labute approximate surface area is 151 Å². The van der Waals surface area contributed by atoms with Crippen LogP contribution in [-0.2, 0) is 10.0 Å². The van der Waals surface area contributed by atoms with Crippen molar-refractivity contribution in [3.05, 3.63) is 87.4 Å². The number of hydrogen-bond donors (Lipinski definition) is 1. The fourth-order valence-corrected chi connectivity index (χ4v) is 5.03. The first-order valence-corrected chi connectivity index (χ1v) is 10.1. The number of aryl methyl sites for hydroxylation is 2. The second-order valence-corrected chi connectivity index (χ2v) is 8.55. The van der Waals surface area contributed by atoms with Gasteiger partial charge in [0.1, 0.15) is 5.82 Å². The summed E-state index contributed by atoms with van der Waals surface area (Å²) in [6.07, 6.45) is 0. The smallest absolute Gasteiger partial charge is 0.207 e. The molecule has 0 saturated heterocycles. The lowest BCUT2D eigenvalue weighted by Crippen LogP contribution is -2.29. The van der Waals surface area contributed by atoms with Crippen LogP contribution in [-0.4, -0.2) is 8.42 Å². The fourth-order valence-electron chi connectivity index (χ4n) is 2.62. The normalized spacial score (nSPS) is 12.9. The van der Waals surface area contributed by atoms with Crippen LogP contribution in [0, 0.1) is 19.7 Å². The van der Waals surface area contributed by atoms with E-state index in [1.165, 1.54) is 23.5 Å². The molecule has 2 aromatic carbocycles. The molecule has 25 heavy (non-hydrogen) atoms. The molecule has 1 N–H and O–H groups in total. The van der Waals surface area contributed by atoms with Gasteiger partial charge in [-0.1, -0.05) is 30.3 Å². The summed E-state index contributed by atoms with van der Waals surface area (Å²) in [5, 5.41) is 1.89. The van der Waals surface area contributed by atoms with E-state index in [1.54, 1.807) is 31.2 Å². The molecule has 3 nitrogen and oxygen atoms in total. The summed E-state index contributed by atoms with van der Waals surface area (Å²) in [4.78, 5) is 1.11. The molecule has 130 valence electrons. The molecule has 0 radical (unpaired) electrons. The van der Waals surface area contributed by atoms with E-state index < -0.39 is 16.1 Å². The van der Waals surface area contributed by atoms with Gasteiger partial charge in [0.25, 0.3) is 0 Å². The van der Waals surface area contributed by atoms with Gasteiger partial charge >= 0.3 is 0 Å². The third-order valence-electron chi connectivity index (χ3n) is 3.94. The van der Waals surface area contributed by atoms with Gasteiger partial charge in [0.2, 0.25) is 10.0 Å². The molecule has 0 aliphatic rings. The minimum atomic E-state index is -3.73. The van der Waals surface area contributed by atoms with Gasteiger partial charge in [-0.15, -0.1) is 11.3 Å². The third-order valence-corrected chi connectivity index (χ3v) is 6.44. The first kappa shape index (κ1) is 17.8. The maximum Gasteiger partial charge on any atom is 0.241 e. The molecule has 0 aliphatic carbocycles. The summed E-state index contributed by atoms with van der Waals surface area (Å²) in [6, 6.07) is 14.4. The van der Waals surface area contributed by atoms with Crippen LogP contribution in [0.1, 0.15) is 27.6 Å². The minimum absolute atomic E-state index is 0.260. The van der Waals surface area contributed by atoms with Gasteiger partial charge in [0.15, 0.2) is 0 Å². The molecule has 0 amide bonds. The molecule has 0 saturated carbocycles. The van der Waals surface area contributed by atoms with Crippen molar-refractivity contribution in [3.8, 4) is 0 Å². The third kappa shape index (κ3) is 3.98. The van der Waals surface area contributed by atoms with Crippen molar-refractivity contribution in [3.63, 3.8) is 0 Å². The van der Waals surface area contributed by atoms with E-state index in [0.29, 0.717) is 11.1 Å². The predicted molar refractivity (Wildman–Crippen MR) is 98.8 cm³/mol. The molecule has 1 heterocycles. The van der Waals surface area contributed by atoms with Crippen LogP contribution in [0.3, 0.4) is 0 Å².